The van der Waals surface area contributed by atoms with E-state index in [0.717, 1.165) is 6.54 Å². The summed E-state index contributed by atoms with van der Waals surface area (Å²) in [5.74, 6) is 0. The molecule has 0 aromatic carbocycles. The van der Waals surface area contributed by atoms with Crippen molar-refractivity contribution < 1.29 is 0 Å². The van der Waals surface area contributed by atoms with E-state index in [9.17, 15) is 0 Å². The molecule has 1 aliphatic heterocycles. The summed E-state index contributed by atoms with van der Waals surface area (Å²) in [6.07, 6.45) is 2.56. The van der Waals surface area contributed by atoms with Crippen molar-refractivity contribution in [3.05, 3.63) is 0 Å². The first-order valence-electron chi connectivity index (χ1n) is 4.68. The Hall–Kier alpha value is -0.0800. The number of hydrogen-bond acceptors (Lipinski definition) is 2. The normalized spacial score (nSPS) is 31.1. The van der Waals surface area contributed by atoms with Crippen LogP contribution in [0, 0.1) is 5.41 Å². The molecular weight excluding hydrogens is 136 g/mol. The standard InChI is InChI=1S/C9H20N2/c1-3-5-10-7-9(2)4-6-11-8-9/h10-11H,3-8H2,1-2H3. The minimum atomic E-state index is 0.523. The van der Waals surface area contributed by atoms with E-state index in [1.165, 1.54) is 32.5 Å². The molecule has 66 valence electrons. The van der Waals surface area contributed by atoms with E-state index in [4.69, 9.17) is 0 Å². The van der Waals surface area contributed by atoms with Crippen LogP contribution in [0.2, 0.25) is 0 Å². The Morgan fingerprint density at radius 1 is 1.55 bits per heavy atom. The predicted molar refractivity (Wildman–Crippen MR) is 48.8 cm³/mol. The molecule has 2 heteroatoms. The molecule has 0 amide bonds. The zero-order valence-corrected chi connectivity index (χ0v) is 7.74. The van der Waals surface area contributed by atoms with Crippen molar-refractivity contribution >= 4 is 0 Å². The molecule has 1 fully saturated rings. The topological polar surface area (TPSA) is 24.1 Å². The van der Waals surface area contributed by atoms with Crippen molar-refractivity contribution in [1.82, 2.24) is 10.6 Å². The Bertz CT molecular complexity index is 106. The minimum Gasteiger partial charge on any atom is -0.316 e. The third-order valence-corrected chi connectivity index (χ3v) is 2.44. The Kier molecular flexibility index (Phi) is 3.34. The van der Waals surface area contributed by atoms with Crippen LogP contribution in [0.1, 0.15) is 26.7 Å². The van der Waals surface area contributed by atoms with Gasteiger partial charge in [-0.2, -0.15) is 0 Å². The van der Waals surface area contributed by atoms with E-state index in [1.807, 2.05) is 0 Å². The molecule has 1 heterocycles. The molecule has 1 rings (SSSR count). The fourth-order valence-corrected chi connectivity index (χ4v) is 1.59. The van der Waals surface area contributed by atoms with Crippen molar-refractivity contribution in [3.8, 4) is 0 Å². The van der Waals surface area contributed by atoms with E-state index in [1.54, 1.807) is 0 Å². The van der Waals surface area contributed by atoms with Gasteiger partial charge in [-0.25, -0.2) is 0 Å². The largest absolute Gasteiger partial charge is 0.316 e. The van der Waals surface area contributed by atoms with Crippen molar-refractivity contribution in [3.63, 3.8) is 0 Å². The third kappa shape index (κ3) is 2.80. The average Bonchev–Trinajstić information content (AvgIpc) is 2.38. The lowest BCUT2D eigenvalue weighted by atomic mass is 9.90. The van der Waals surface area contributed by atoms with E-state index in [0.29, 0.717) is 5.41 Å². The van der Waals surface area contributed by atoms with Crippen LogP contribution in [0.15, 0.2) is 0 Å². The van der Waals surface area contributed by atoms with Crippen LogP contribution in [-0.2, 0) is 0 Å². The van der Waals surface area contributed by atoms with Gasteiger partial charge in [-0.1, -0.05) is 13.8 Å². The van der Waals surface area contributed by atoms with Crippen LogP contribution < -0.4 is 10.6 Å². The predicted octanol–water partition coefficient (Wildman–Crippen LogP) is 0.986. The molecule has 2 nitrogen and oxygen atoms in total. The Morgan fingerprint density at radius 3 is 2.91 bits per heavy atom. The molecule has 0 aromatic rings. The van der Waals surface area contributed by atoms with Gasteiger partial charge in [0.15, 0.2) is 0 Å². The van der Waals surface area contributed by atoms with E-state index in [-0.39, 0.29) is 0 Å². The van der Waals surface area contributed by atoms with E-state index in [2.05, 4.69) is 24.5 Å². The number of hydrogen-bond donors (Lipinski definition) is 2. The molecular formula is C9H20N2. The molecule has 0 bridgehead atoms. The van der Waals surface area contributed by atoms with Crippen molar-refractivity contribution in [2.75, 3.05) is 26.2 Å². The molecule has 0 aliphatic carbocycles. The Morgan fingerprint density at radius 2 is 2.36 bits per heavy atom. The van der Waals surface area contributed by atoms with Gasteiger partial charge in [0.1, 0.15) is 0 Å². The van der Waals surface area contributed by atoms with Crippen LogP contribution in [0.5, 0.6) is 0 Å². The van der Waals surface area contributed by atoms with Gasteiger partial charge in [0.2, 0.25) is 0 Å². The molecule has 0 saturated carbocycles. The fourth-order valence-electron chi connectivity index (χ4n) is 1.59. The van der Waals surface area contributed by atoms with Crippen LogP contribution in [-0.4, -0.2) is 26.2 Å². The Balaban J connectivity index is 2.13. The zero-order chi connectivity index (χ0) is 8.16. The second-order valence-corrected chi connectivity index (χ2v) is 3.91. The second-order valence-electron chi connectivity index (χ2n) is 3.91. The highest BCUT2D eigenvalue weighted by molar-refractivity contribution is 4.85. The molecule has 1 atom stereocenters. The van der Waals surface area contributed by atoms with E-state index < -0.39 is 0 Å². The Labute approximate surface area is 69.8 Å². The van der Waals surface area contributed by atoms with Crippen LogP contribution in [0.4, 0.5) is 0 Å². The SMILES string of the molecule is CCCNCC1(C)CCNC1. The lowest BCUT2D eigenvalue weighted by Crippen LogP contribution is -2.33. The van der Waals surface area contributed by atoms with Crippen molar-refractivity contribution in [2.45, 2.75) is 26.7 Å². The highest BCUT2D eigenvalue weighted by Gasteiger charge is 2.27. The smallest absolute Gasteiger partial charge is 0.00178 e. The summed E-state index contributed by atoms with van der Waals surface area (Å²) in [5, 5.41) is 6.88. The summed E-state index contributed by atoms with van der Waals surface area (Å²) in [7, 11) is 0. The maximum absolute atomic E-state index is 3.48. The van der Waals surface area contributed by atoms with Crippen LogP contribution in [0.25, 0.3) is 0 Å². The average molecular weight is 156 g/mol. The van der Waals surface area contributed by atoms with Gasteiger partial charge in [0.25, 0.3) is 0 Å². The first-order chi connectivity index (χ1) is 5.27. The third-order valence-electron chi connectivity index (χ3n) is 2.44. The summed E-state index contributed by atoms with van der Waals surface area (Å²) in [5.41, 5.74) is 0.523. The van der Waals surface area contributed by atoms with Gasteiger partial charge in [-0.05, 0) is 31.3 Å². The monoisotopic (exact) mass is 156 g/mol. The van der Waals surface area contributed by atoms with Gasteiger partial charge in [0.05, 0.1) is 0 Å². The summed E-state index contributed by atoms with van der Waals surface area (Å²) < 4.78 is 0. The highest BCUT2D eigenvalue weighted by atomic mass is 15.0. The molecule has 11 heavy (non-hydrogen) atoms. The minimum absolute atomic E-state index is 0.523. The van der Waals surface area contributed by atoms with Gasteiger partial charge < -0.3 is 10.6 Å². The summed E-state index contributed by atoms with van der Waals surface area (Å²) in [6, 6.07) is 0. The maximum Gasteiger partial charge on any atom is 0.00178 e. The molecule has 0 aromatic heterocycles. The first-order valence-corrected chi connectivity index (χ1v) is 4.68. The van der Waals surface area contributed by atoms with Gasteiger partial charge >= 0.3 is 0 Å². The molecule has 1 unspecified atom stereocenters. The van der Waals surface area contributed by atoms with Crippen LogP contribution >= 0.6 is 0 Å². The zero-order valence-electron chi connectivity index (χ0n) is 7.74. The molecule has 2 N–H and O–H groups in total. The lowest BCUT2D eigenvalue weighted by molar-refractivity contribution is 0.340. The summed E-state index contributed by atoms with van der Waals surface area (Å²) in [6.45, 7) is 9.29. The fraction of sp³-hybridized carbons (Fsp3) is 1.00. The van der Waals surface area contributed by atoms with E-state index >= 15 is 0 Å². The van der Waals surface area contributed by atoms with Gasteiger partial charge in [0, 0.05) is 13.1 Å². The van der Waals surface area contributed by atoms with Crippen molar-refractivity contribution in [1.29, 1.82) is 0 Å². The number of nitrogens with one attached hydrogen (secondary N) is 2. The first kappa shape index (κ1) is 9.01. The van der Waals surface area contributed by atoms with Crippen molar-refractivity contribution in [2.24, 2.45) is 5.41 Å². The summed E-state index contributed by atoms with van der Waals surface area (Å²) in [4.78, 5) is 0. The maximum atomic E-state index is 3.48. The highest BCUT2D eigenvalue weighted by Crippen LogP contribution is 2.22. The summed E-state index contributed by atoms with van der Waals surface area (Å²) >= 11 is 0. The quantitative estimate of drug-likeness (QED) is 0.593. The molecule has 0 spiro atoms. The van der Waals surface area contributed by atoms with Gasteiger partial charge in [-0.15, -0.1) is 0 Å². The lowest BCUT2D eigenvalue weighted by Gasteiger charge is -2.22. The second kappa shape index (κ2) is 4.07. The molecule has 1 saturated heterocycles. The molecule has 0 radical (unpaired) electrons. The van der Waals surface area contributed by atoms with Crippen LogP contribution in [0.3, 0.4) is 0 Å². The van der Waals surface area contributed by atoms with Gasteiger partial charge in [-0.3, -0.25) is 0 Å². The molecule has 1 aliphatic rings. The number of rotatable bonds is 4.